The van der Waals surface area contributed by atoms with E-state index < -0.39 is 0 Å². The minimum Gasteiger partial charge on any atom is -0.383 e. The highest BCUT2D eigenvalue weighted by atomic mass is 79.9. The first kappa shape index (κ1) is 15.7. The Labute approximate surface area is 135 Å². The second-order valence-electron chi connectivity index (χ2n) is 4.63. The minimum atomic E-state index is -0.236. The van der Waals surface area contributed by atoms with Crippen molar-refractivity contribution in [3.63, 3.8) is 0 Å². The lowest BCUT2D eigenvalue weighted by Crippen LogP contribution is -2.19. The second kappa shape index (κ2) is 6.85. The topological polar surface area (TPSA) is 53.1 Å². The molecule has 20 heavy (non-hydrogen) atoms. The fourth-order valence-electron chi connectivity index (χ4n) is 2.14. The number of aryl methyl sites for hydroxylation is 1. The van der Waals surface area contributed by atoms with E-state index in [1.165, 1.54) is 5.56 Å². The van der Waals surface area contributed by atoms with E-state index in [1.54, 1.807) is 13.3 Å². The van der Waals surface area contributed by atoms with Crippen molar-refractivity contribution in [1.82, 2.24) is 9.78 Å². The molecule has 0 aliphatic carbocycles. The lowest BCUT2D eigenvalue weighted by molar-refractivity contribution is 0.182. The first-order chi connectivity index (χ1) is 9.52. The van der Waals surface area contributed by atoms with Crippen LogP contribution in [0.4, 0.5) is 0 Å². The van der Waals surface area contributed by atoms with E-state index in [4.69, 9.17) is 10.5 Å². The molecule has 2 N–H and O–H groups in total. The molecule has 0 bridgehead atoms. The Hall–Kier alpha value is -0.690. The van der Waals surface area contributed by atoms with Crippen molar-refractivity contribution in [2.24, 2.45) is 5.73 Å². The van der Waals surface area contributed by atoms with Gasteiger partial charge in [0.05, 0.1) is 35.6 Å². The van der Waals surface area contributed by atoms with Crippen molar-refractivity contribution < 1.29 is 4.74 Å². The molecule has 6 heteroatoms. The smallest absolute Gasteiger partial charge is 0.0739 e. The SMILES string of the molecule is COCCn1ncc(Br)c1C(N)c1cc(C)cc(Br)c1. The van der Waals surface area contributed by atoms with E-state index in [1.807, 2.05) is 10.7 Å². The molecular formula is C14H17Br2N3O. The molecule has 0 amide bonds. The van der Waals surface area contributed by atoms with Crippen LogP contribution in [0, 0.1) is 6.92 Å². The number of halogens is 2. The van der Waals surface area contributed by atoms with Crippen LogP contribution in [-0.2, 0) is 11.3 Å². The Balaban J connectivity index is 2.36. The predicted octanol–water partition coefficient (Wildman–Crippen LogP) is 3.41. The number of nitrogens with two attached hydrogens (primary N) is 1. The van der Waals surface area contributed by atoms with Crippen molar-refractivity contribution in [3.05, 3.63) is 50.2 Å². The summed E-state index contributed by atoms with van der Waals surface area (Å²) in [5.74, 6) is 0. The van der Waals surface area contributed by atoms with Gasteiger partial charge in [0.1, 0.15) is 0 Å². The van der Waals surface area contributed by atoms with Gasteiger partial charge in [0.15, 0.2) is 0 Å². The van der Waals surface area contributed by atoms with Gasteiger partial charge in [-0.25, -0.2) is 0 Å². The van der Waals surface area contributed by atoms with Crippen LogP contribution in [-0.4, -0.2) is 23.5 Å². The van der Waals surface area contributed by atoms with E-state index in [2.05, 4.69) is 56.0 Å². The van der Waals surface area contributed by atoms with Gasteiger partial charge in [0, 0.05) is 11.6 Å². The average molecular weight is 403 g/mol. The van der Waals surface area contributed by atoms with Crippen LogP contribution < -0.4 is 5.73 Å². The molecule has 0 saturated carbocycles. The molecule has 1 aromatic heterocycles. The number of benzene rings is 1. The van der Waals surface area contributed by atoms with Gasteiger partial charge in [0.25, 0.3) is 0 Å². The molecule has 1 heterocycles. The van der Waals surface area contributed by atoms with Crippen LogP contribution >= 0.6 is 31.9 Å². The maximum atomic E-state index is 6.42. The summed E-state index contributed by atoms with van der Waals surface area (Å²) < 4.78 is 8.94. The van der Waals surface area contributed by atoms with Crippen molar-refractivity contribution in [2.45, 2.75) is 19.5 Å². The fourth-order valence-corrected chi connectivity index (χ4v) is 3.31. The summed E-state index contributed by atoms with van der Waals surface area (Å²) in [4.78, 5) is 0. The lowest BCUT2D eigenvalue weighted by Gasteiger charge is -2.16. The Kier molecular flexibility index (Phi) is 5.37. The third kappa shape index (κ3) is 3.49. The van der Waals surface area contributed by atoms with Crippen molar-refractivity contribution in [3.8, 4) is 0 Å². The lowest BCUT2D eigenvalue weighted by atomic mass is 10.0. The molecule has 0 radical (unpaired) electrons. The molecule has 1 aromatic carbocycles. The molecule has 2 aromatic rings. The molecule has 1 atom stereocenters. The van der Waals surface area contributed by atoms with Crippen LogP contribution in [0.2, 0.25) is 0 Å². The van der Waals surface area contributed by atoms with Gasteiger partial charge >= 0.3 is 0 Å². The molecule has 2 rings (SSSR count). The summed E-state index contributed by atoms with van der Waals surface area (Å²) in [7, 11) is 1.68. The van der Waals surface area contributed by atoms with Gasteiger partial charge in [-0.1, -0.05) is 22.0 Å². The average Bonchev–Trinajstić information content (AvgIpc) is 2.75. The highest BCUT2D eigenvalue weighted by Gasteiger charge is 2.18. The normalized spacial score (nSPS) is 12.7. The first-order valence-electron chi connectivity index (χ1n) is 6.25. The van der Waals surface area contributed by atoms with Crippen molar-refractivity contribution in [2.75, 3.05) is 13.7 Å². The van der Waals surface area contributed by atoms with Crippen LogP contribution in [0.15, 0.2) is 33.3 Å². The van der Waals surface area contributed by atoms with Crippen molar-refractivity contribution in [1.29, 1.82) is 0 Å². The standard InChI is InChI=1S/C14H17Br2N3O/c1-9-5-10(7-11(15)6-9)13(17)14-12(16)8-18-19(14)3-4-20-2/h5-8,13H,3-4,17H2,1-2H3. The third-order valence-corrected chi connectivity index (χ3v) is 4.13. The number of nitrogens with zero attached hydrogens (tertiary/aromatic N) is 2. The molecule has 108 valence electrons. The van der Waals surface area contributed by atoms with Gasteiger partial charge in [0.2, 0.25) is 0 Å². The number of rotatable bonds is 5. The zero-order valence-corrected chi connectivity index (χ0v) is 14.6. The highest BCUT2D eigenvalue weighted by Crippen LogP contribution is 2.29. The van der Waals surface area contributed by atoms with Gasteiger partial charge in [-0.05, 0) is 46.1 Å². The molecule has 1 unspecified atom stereocenters. The summed E-state index contributed by atoms with van der Waals surface area (Å²) >= 11 is 7.04. The Morgan fingerprint density at radius 1 is 1.35 bits per heavy atom. The summed E-state index contributed by atoms with van der Waals surface area (Å²) in [6.45, 7) is 3.34. The van der Waals surface area contributed by atoms with Crippen LogP contribution in [0.1, 0.15) is 22.9 Å². The molecule has 4 nitrogen and oxygen atoms in total. The fraction of sp³-hybridized carbons (Fsp3) is 0.357. The van der Waals surface area contributed by atoms with E-state index in [9.17, 15) is 0 Å². The van der Waals surface area contributed by atoms with Crippen LogP contribution in [0.3, 0.4) is 0 Å². The van der Waals surface area contributed by atoms with Gasteiger partial charge in [-0.2, -0.15) is 5.10 Å². The molecule has 0 saturated heterocycles. The Morgan fingerprint density at radius 2 is 2.10 bits per heavy atom. The second-order valence-corrected chi connectivity index (χ2v) is 6.40. The number of hydrogen-bond acceptors (Lipinski definition) is 3. The minimum absolute atomic E-state index is 0.236. The number of aromatic nitrogens is 2. The van der Waals surface area contributed by atoms with Gasteiger partial charge < -0.3 is 10.5 Å². The number of methoxy groups -OCH3 is 1. The van der Waals surface area contributed by atoms with E-state index in [-0.39, 0.29) is 6.04 Å². The van der Waals surface area contributed by atoms with Crippen LogP contribution in [0.25, 0.3) is 0 Å². The zero-order chi connectivity index (χ0) is 14.7. The number of hydrogen-bond donors (Lipinski definition) is 1. The number of ether oxygens (including phenoxy) is 1. The summed E-state index contributed by atoms with van der Waals surface area (Å²) in [6.07, 6.45) is 1.77. The maximum Gasteiger partial charge on any atom is 0.0739 e. The van der Waals surface area contributed by atoms with Crippen molar-refractivity contribution >= 4 is 31.9 Å². The van der Waals surface area contributed by atoms with Crippen LogP contribution in [0.5, 0.6) is 0 Å². The summed E-state index contributed by atoms with van der Waals surface area (Å²) in [5.41, 5.74) is 9.60. The Bertz CT molecular complexity index is 578. The van der Waals surface area contributed by atoms with E-state index in [0.29, 0.717) is 13.2 Å². The monoisotopic (exact) mass is 401 g/mol. The first-order valence-corrected chi connectivity index (χ1v) is 7.84. The third-order valence-electron chi connectivity index (χ3n) is 3.06. The van der Waals surface area contributed by atoms with Gasteiger partial charge in [-0.3, -0.25) is 4.68 Å². The maximum absolute atomic E-state index is 6.42. The Morgan fingerprint density at radius 3 is 2.75 bits per heavy atom. The summed E-state index contributed by atoms with van der Waals surface area (Å²) in [5, 5.41) is 4.34. The molecule has 0 aliphatic rings. The molecular weight excluding hydrogens is 386 g/mol. The molecule has 0 fully saturated rings. The van der Waals surface area contributed by atoms with E-state index >= 15 is 0 Å². The highest BCUT2D eigenvalue weighted by molar-refractivity contribution is 9.10. The zero-order valence-electron chi connectivity index (χ0n) is 11.4. The summed E-state index contributed by atoms with van der Waals surface area (Å²) in [6, 6.07) is 5.96. The quantitative estimate of drug-likeness (QED) is 0.833. The molecule has 0 spiro atoms. The van der Waals surface area contributed by atoms with Gasteiger partial charge in [-0.15, -0.1) is 0 Å². The predicted molar refractivity (Wildman–Crippen MR) is 86.7 cm³/mol. The molecule has 0 aliphatic heterocycles. The van der Waals surface area contributed by atoms with E-state index in [0.717, 1.165) is 20.2 Å². The largest absolute Gasteiger partial charge is 0.383 e.